The Bertz CT molecular complexity index is 1280. The highest BCUT2D eigenvalue weighted by atomic mass is 19.1. The second kappa shape index (κ2) is 9.68. The van der Waals surface area contributed by atoms with Crippen molar-refractivity contribution in [2.45, 2.75) is 27.2 Å². The number of pyridine rings is 1. The summed E-state index contributed by atoms with van der Waals surface area (Å²) in [4.78, 5) is 39.7. The van der Waals surface area contributed by atoms with Crippen LogP contribution in [0.3, 0.4) is 0 Å². The van der Waals surface area contributed by atoms with Gasteiger partial charge in [-0.2, -0.15) is 0 Å². The predicted octanol–water partition coefficient (Wildman–Crippen LogP) is 4.10. The predicted molar refractivity (Wildman–Crippen MR) is 128 cm³/mol. The molecule has 33 heavy (non-hydrogen) atoms. The molecular formula is C25H27FN4O3. The lowest BCUT2D eigenvalue weighted by molar-refractivity contribution is -0.106. The maximum absolute atomic E-state index is 14.8. The van der Waals surface area contributed by atoms with Gasteiger partial charge in [-0.3, -0.25) is 23.9 Å². The molecule has 2 aromatic carbocycles. The van der Waals surface area contributed by atoms with Crippen LogP contribution in [0.2, 0.25) is 0 Å². The number of halogens is 1. The van der Waals surface area contributed by atoms with Crippen molar-refractivity contribution in [3.8, 4) is 0 Å². The Balaban J connectivity index is 2.32. The molecule has 0 unspecified atom stereocenters. The number of hydrogen-bond acceptors (Lipinski definition) is 4. The van der Waals surface area contributed by atoms with E-state index in [4.69, 9.17) is 0 Å². The molecule has 0 aliphatic carbocycles. The van der Waals surface area contributed by atoms with Crippen molar-refractivity contribution < 1.29 is 14.0 Å². The third kappa shape index (κ3) is 4.50. The van der Waals surface area contributed by atoms with Gasteiger partial charge in [-0.05, 0) is 55.7 Å². The molecule has 1 aromatic heterocycles. The van der Waals surface area contributed by atoms with E-state index in [-0.39, 0.29) is 28.3 Å². The number of amides is 2. The second-order valence-corrected chi connectivity index (χ2v) is 7.75. The molecule has 3 aromatic rings. The highest BCUT2D eigenvalue weighted by Gasteiger charge is 2.28. The minimum Gasteiger partial charge on any atom is -0.355 e. The first-order valence-electron chi connectivity index (χ1n) is 10.6. The fourth-order valence-corrected chi connectivity index (χ4v) is 3.74. The van der Waals surface area contributed by atoms with Crippen molar-refractivity contribution in [3.63, 3.8) is 0 Å². The van der Waals surface area contributed by atoms with Crippen molar-refractivity contribution in [2.24, 2.45) is 7.05 Å². The average Bonchev–Trinajstić information content (AvgIpc) is 2.81. The number of nitrogens with one attached hydrogen (secondary N) is 2. The minimum absolute atomic E-state index is 0.0460. The van der Waals surface area contributed by atoms with Gasteiger partial charge in [0.2, 0.25) is 6.41 Å². The first-order chi connectivity index (χ1) is 15.7. The van der Waals surface area contributed by atoms with E-state index in [1.54, 1.807) is 37.3 Å². The van der Waals surface area contributed by atoms with Crippen LogP contribution in [-0.4, -0.2) is 23.9 Å². The van der Waals surface area contributed by atoms with Crippen LogP contribution in [0.4, 0.5) is 27.3 Å². The van der Waals surface area contributed by atoms with Crippen LogP contribution in [0.25, 0.3) is 0 Å². The summed E-state index contributed by atoms with van der Waals surface area (Å²) in [5.74, 6) is -0.975. The Labute approximate surface area is 191 Å². The smallest absolute Gasteiger partial charge is 0.256 e. The van der Waals surface area contributed by atoms with Crippen molar-refractivity contribution >= 4 is 35.2 Å². The van der Waals surface area contributed by atoms with E-state index < -0.39 is 17.3 Å². The lowest BCUT2D eigenvalue weighted by Crippen LogP contribution is -2.33. The Morgan fingerprint density at radius 3 is 2.48 bits per heavy atom. The van der Waals surface area contributed by atoms with E-state index in [1.165, 1.54) is 29.6 Å². The molecule has 172 valence electrons. The number of nitrogens with zero attached hydrogens (tertiary/aromatic N) is 2. The third-order valence-electron chi connectivity index (χ3n) is 5.56. The number of aromatic nitrogens is 1. The zero-order valence-corrected chi connectivity index (χ0v) is 19.3. The molecule has 0 radical (unpaired) electrons. The number of rotatable bonds is 7. The topological polar surface area (TPSA) is 83.4 Å². The summed E-state index contributed by atoms with van der Waals surface area (Å²) in [6.07, 6.45) is 1.22. The van der Waals surface area contributed by atoms with Crippen molar-refractivity contribution in [3.05, 3.63) is 80.9 Å². The summed E-state index contributed by atoms with van der Waals surface area (Å²) in [7, 11) is 2.94. The Kier molecular flexibility index (Phi) is 6.96. The van der Waals surface area contributed by atoms with Crippen LogP contribution in [0.15, 0.2) is 47.3 Å². The Morgan fingerprint density at radius 1 is 1.18 bits per heavy atom. The summed E-state index contributed by atoms with van der Waals surface area (Å²) in [5.41, 5.74) is 2.28. The molecule has 8 heteroatoms. The quantitative estimate of drug-likeness (QED) is 0.531. The SMILES string of the molecule is CCc1ccc(Nc2c(C(=O)NC)c(N(C=O)c3cccc(C)c3)c(C)c(=O)n2C)c(F)c1. The number of carbonyl (C=O) groups excluding carboxylic acids is 2. The van der Waals surface area contributed by atoms with E-state index in [0.717, 1.165) is 11.1 Å². The normalized spacial score (nSPS) is 10.6. The molecule has 0 spiro atoms. The van der Waals surface area contributed by atoms with Gasteiger partial charge in [-0.1, -0.05) is 25.1 Å². The second-order valence-electron chi connectivity index (χ2n) is 7.75. The zero-order chi connectivity index (χ0) is 24.3. The highest BCUT2D eigenvalue weighted by molar-refractivity contribution is 6.08. The van der Waals surface area contributed by atoms with E-state index in [0.29, 0.717) is 18.5 Å². The summed E-state index contributed by atoms with van der Waals surface area (Å²) in [6.45, 7) is 5.34. The molecule has 7 nitrogen and oxygen atoms in total. The van der Waals surface area contributed by atoms with E-state index >= 15 is 0 Å². The third-order valence-corrected chi connectivity index (χ3v) is 5.56. The van der Waals surface area contributed by atoms with E-state index in [1.807, 2.05) is 19.9 Å². The van der Waals surface area contributed by atoms with Crippen LogP contribution >= 0.6 is 0 Å². The van der Waals surface area contributed by atoms with Gasteiger partial charge in [0.05, 0.1) is 11.4 Å². The van der Waals surface area contributed by atoms with Crippen LogP contribution in [0.1, 0.15) is 34.0 Å². The minimum atomic E-state index is -0.531. The molecule has 2 N–H and O–H groups in total. The van der Waals surface area contributed by atoms with Crippen LogP contribution in [-0.2, 0) is 18.3 Å². The lowest BCUT2D eigenvalue weighted by atomic mass is 10.1. The number of carbonyl (C=O) groups is 2. The van der Waals surface area contributed by atoms with Gasteiger partial charge in [0.1, 0.15) is 17.2 Å². The van der Waals surface area contributed by atoms with Gasteiger partial charge in [0.15, 0.2) is 0 Å². The number of aryl methyl sites for hydroxylation is 2. The van der Waals surface area contributed by atoms with E-state index in [2.05, 4.69) is 10.6 Å². The molecule has 3 rings (SSSR count). The first-order valence-corrected chi connectivity index (χ1v) is 10.6. The van der Waals surface area contributed by atoms with Gasteiger partial charge in [-0.25, -0.2) is 4.39 Å². The summed E-state index contributed by atoms with van der Waals surface area (Å²) in [6, 6.07) is 11.9. The largest absolute Gasteiger partial charge is 0.355 e. The summed E-state index contributed by atoms with van der Waals surface area (Å²) in [5, 5.41) is 5.48. The Hall–Kier alpha value is -3.94. The van der Waals surface area contributed by atoms with Gasteiger partial charge in [-0.15, -0.1) is 0 Å². The van der Waals surface area contributed by atoms with Gasteiger partial charge in [0, 0.05) is 25.3 Å². The molecule has 0 aliphatic heterocycles. The lowest BCUT2D eigenvalue weighted by Gasteiger charge is -2.26. The van der Waals surface area contributed by atoms with E-state index in [9.17, 15) is 18.8 Å². The summed E-state index contributed by atoms with van der Waals surface area (Å²) >= 11 is 0. The highest BCUT2D eigenvalue weighted by Crippen LogP contribution is 2.35. The van der Waals surface area contributed by atoms with Crippen LogP contribution < -0.4 is 21.1 Å². The molecular weight excluding hydrogens is 423 g/mol. The Morgan fingerprint density at radius 2 is 1.91 bits per heavy atom. The number of benzene rings is 2. The fraction of sp³-hybridized carbons (Fsp3) is 0.240. The zero-order valence-electron chi connectivity index (χ0n) is 19.3. The van der Waals surface area contributed by atoms with Crippen molar-refractivity contribution in [1.82, 2.24) is 9.88 Å². The average molecular weight is 451 g/mol. The number of anilines is 4. The van der Waals surface area contributed by atoms with Gasteiger partial charge < -0.3 is 10.6 Å². The monoisotopic (exact) mass is 450 g/mol. The number of hydrogen-bond donors (Lipinski definition) is 2. The maximum Gasteiger partial charge on any atom is 0.256 e. The standard InChI is InChI=1S/C25H27FN4O3/c1-6-17-10-11-20(19(26)13-17)28-23-21(24(32)27-4)22(16(3)25(33)29(23)5)30(14-31)18-9-7-8-15(2)12-18/h7-14,28H,6H2,1-5H3,(H,27,32). The molecule has 0 saturated heterocycles. The molecule has 0 bridgehead atoms. The first kappa shape index (κ1) is 23.7. The molecule has 0 saturated carbocycles. The van der Waals surface area contributed by atoms with Gasteiger partial charge in [0.25, 0.3) is 11.5 Å². The van der Waals surface area contributed by atoms with Crippen molar-refractivity contribution in [1.29, 1.82) is 0 Å². The maximum atomic E-state index is 14.8. The fourth-order valence-electron chi connectivity index (χ4n) is 3.74. The van der Waals surface area contributed by atoms with Crippen molar-refractivity contribution in [2.75, 3.05) is 17.3 Å². The molecule has 0 atom stereocenters. The molecule has 2 amide bonds. The molecule has 1 heterocycles. The van der Waals surface area contributed by atoms with Crippen LogP contribution in [0.5, 0.6) is 0 Å². The van der Waals surface area contributed by atoms with Crippen LogP contribution in [0, 0.1) is 19.7 Å². The summed E-state index contributed by atoms with van der Waals surface area (Å²) < 4.78 is 16.0. The molecule has 0 fully saturated rings. The molecule has 0 aliphatic rings. The van der Waals surface area contributed by atoms with Gasteiger partial charge >= 0.3 is 0 Å².